The van der Waals surface area contributed by atoms with Gasteiger partial charge in [0.25, 0.3) is 5.69 Å². The summed E-state index contributed by atoms with van der Waals surface area (Å²) in [6.07, 6.45) is 3.81. The number of hydrogen-bond donors (Lipinski definition) is 1. The minimum atomic E-state index is -1.47. The molecule has 8 nitrogen and oxygen atoms in total. The zero-order chi connectivity index (χ0) is 29.2. The number of benzene rings is 4. The zero-order valence-corrected chi connectivity index (χ0v) is 22.7. The number of rotatable bonds is 5. The van der Waals surface area contributed by atoms with Crippen LogP contribution < -0.4 is 10.2 Å². The van der Waals surface area contributed by atoms with Gasteiger partial charge in [-0.1, -0.05) is 72.3 Å². The molecule has 0 aliphatic carbocycles. The van der Waals surface area contributed by atoms with Gasteiger partial charge in [-0.25, -0.2) is 0 Å². The summed E-state index contributed by atoms with van der Waals surface area (Å²) < 4.78 is 0. The number of hydrogen-bond acceptors (Lipinski definition) is 6. The summed E-state index contributed by atoms with van der Waals surface area (Å²) in [6.45, 7) is 0. The van der Waals surface area contributed by atoms with Crippen LogP contribution in [0.4, 0.5) is 17.1 Å². The van der Waals surface area contributed by atoms with Crippen molar-refractivity contribution in [1.29, 1.82) is 0 Å². The second-order valence-electron chi connectivity index (χ2n) is 10.6. The number of para-hydroxylation sites is 2. The van der Waals surface area contributed by atoms with E-state index in [0.29, 0.717) is 16.9 Å². The summed E-state index contributed by atoms with van der Waals surface area (Å²) in [4.78, 5) is 56.4. The molecular weight excluding hydrogens is 554 g/mol. The van der Waals surface area contributed by atoms with Crippen LogP contribution in [-0.2, 0) is 10.2 Å². The number of ketones is 2. The summed E-state index contributed by atoms with van der Waals surface area (Å²) in [7, 11) is 0. The van der Waals surface area contributed by atoms with E-state index in [2.05, 4.69) is 5.32 Å². The summed E-state index contributed by atoms with van der Waals surface area (Å²) in [5.41, 5.74) is 1.51. The molecule has 0 aromatic heterocycles. The van der Waals surface area contributed by atoms with Crippen LogP contribution in [0.15, 0.2) is 103 Å². The van der Waals surface area contributed by atoms with E-state index in [4.69, 9.17) is 11.6 Å². The number of carbonyl (C=O) groups is 3. The molecule has 3 aliphatic rings. The second kappa shape index (κ2) is 9.49. The molecule has 4 atom stereocenters. The number of carbonyl (C=O) groups excluding carboxylic acids is 3. The van der Waals surface area contributed by atoms with Gasteiger partial charge >= 0.3 is 0 Å². The van der Waals surface area contributed by atoms with Crippen LogP contribution in [0.2, 0.25) is 5.02 Å². The van der Waals surface area contributed by atoms with E-state index >= 15 is 0 Å². The van der Waals surface area contributed by atoms with Crippen LogP contribution in [0.25, 0.3) is 6.08 Å². The number of nitrogens with zero attached hydrogens (tertiary/aromatic N) is 2. The first kappa shape index (κ1) is 25.9. The lowest BCUT2D eigenvalue weighted by Gasteiger charge is -2.37. The highest BCUT2D eigenvalue weighted by Crippen LogP contribution is 2.58. The summed E-state index contributed by atoms with van der Waals surface area (Å²) in [5.74, 6) is -2.44. The number of halogens is 1. The van der Waals surface area contributed by atoms with Gasteiger partial charge in [-0.15, -0.1) is 0 Å². The van der Waals surface area contributed by atoms with E-state index in [1.165, 1.54) is 24.3 Å². The predicted molar refractivity (Wildman–Crippen MR) is 159 cm³/mol. The molecule has 3 aliphatic heterocycles. The van der Waals surface area contributed by atoms with Crippen molar-refractivity contribution in [3.63, 3.8) is 0 Å². The van der Waals surface area contributed by atoms with Gasteiger partial charge in [0.05, 0.1) is 21.9 Å². The summed E-state index contributed by atoms with van der Waals surface area (Å²) in [6, 6.07) is 24.8. The maximum atomic E-state index is 14.8. The van der Waals surface area contributed by atoms with Gasteiger partial charge in [0.2, 0.25) is 5.91 Å². The van der Waals surface area contributed by atoms with Crippen LogP contribution in [-0.4, -0.2) is 34.5 Å². The van der Waals surface area contributed by atoms with Crippen LogP contribution in [0.5, 0.6) is 0 Å². The van der Waals surface area contributed by atoms with Crippen molar-refractivity contribution in [2.24, 2.45) is 5.92 Å². The van der Waals surface area contributed by atoms with Gasteiger partial charge in [0, 0.05) is 34.6 Å². The Kier molecular flexibility index (Phi) is 5.85. The standard InChI is InChI=1S/C33H22ClN3O5/c34-24-10-4-2-8-22(24)31(39)28-29(30(38)20-13-16-21(17-14-20)37(41)42)36-26-12-6-1-7-19(26)15-18-27(36)33(28)23-9-3-5-11-25(23)35-32(33)40/h1-18,27-29H,(H,35,40)/t27-,28-,29+,33-/m1/s1. The molecule has 9 heteroatoms. The average molecular weight is 576 g/mol. The topological polar surface area (TPSA) is 110 Å². The maximum Gasteiger partial charge on any atom is 0.269 e. The number of anilines is 2. The van der Waals surface area contributed by atoms with Crippen molar-refractivity contribution in [3.8, 4) is 0 Å². The Morgan fingerprint density at radius 3 is 2.33 bits per heavy atom. The fraction of sp³-hybridized carbons (Fsp3) is 0.121. The fourth-order valence-electron chi connectivity index (χ4n) is 6.87. The zero-order valence-electron chi connectivity index (χ0n) is 21.9. The summed E-state index contributed by atoms with van der Waals surface area (Å²) in [5, 5.41) is 14.5. The smallest absolute Gasteiger partial charge is 0.269 e. The number of amides is 1. The molecule has 0 unspecified atom stereocenters. The van der Waals surface area contributed by atoms with E-state index in [9.17, 15) is 24.5 Å². The molecule has 1 fully saturated rings. The van der Waals surface area contributed by atoms with Crippen LogP contribution in [0.3, 0.4) is 0 Å². The second-order valence-corrected chi connectivity index (χ2v) is 11.0. The number of Topliss-reactive ketones (excluding diaryl/α,β-unsaturated/α-hetero) is 2. The lowest BCUT2D eigenvalue weighted by Crippen LogP contribution is -2.51. The molecule has 0 saturated carbocycles. The van der Waals surface area contributed by atoms with E-state index in [1.54, 1.807) is 36.4 Å². The van der Waals surface area contributed by atoms with E-state index in [-0.39, 0.29) is 27.7 Å². The normalized spacial score (nSPS) is 23.2. The average Bonchev–Trinajstić information content (AvgIpc) is 3.49. The molecule has 3 heterocycles. The maximum absolute atomic E-state index is 14.8. The predicted octanol–water partition coefficient (Wildman–Crippen LogP) is 6.10. The number of nitro benzene ring substituents is 1. The molecule has 1 amide bonds. The number of nitro groups is 1. The van der Waals surface area contributed by atoms with Gasteiger partial charge in [-0.2, -0.15) is 0 Å². The monoisotopic (exact) mass is 575 g/mol. The number of non-ortho nitro benzene ring substituents is 1. The van der Waals surface area contributed by atoms with Crippen LogP contribution >= 0.6 is 11.6 Å². The molecule has 206 valence electrons. The van der Waals surface area contributed by atoms with Crippen molar-refractivity contribution in [1.82, 2.24) is 0 Å². The van der Waals surface area contributed by atoms with Crippen molar-refractivity contribution < 1.29 is 19.3 Å². The molecular formula is C33H22ClN3O5. The third kappa shape index (κ3) is 3.51. The van der Waals surface area contributed by atoms with Gasteiger partial charge in [-0.05, 0) is 47.5 Å². The van der Waals surface area contributed by atoms with Crippen molar-refractivity contribution in [3.05, 3.63) is 141 Å². The molecule has 4 aromatic rings. The minimum Gasteiger partial charge on any atom is -0.352 e. The third-order valence-electron chi connectivity index (χ3n) is 8.59. The molecule has 0 bridgehead atoms. The van der Waals surface area contributed by atoms with E-state index in [0.717, 1.165) is 5.56 Å². The van der Waals surface area contributed by atoms with Crippen molar-refractivity contribution >= 4 is 52.2 Å². The van der Waals surface area contributed by atoms with Gasteiger partial charge < -0.3 is 10.2 Å². The number of fused-ring (bicyclic) bond motifs is 6. The first-order chi connectivity index (χ1) is 20.3. The molecule has 1 saturated heterocycles. The first-order valence-corrected chi connectivity index (χ1v) is 13.8. The van der Waals surface area contributed by atoms with Gasteiger partial charge in [-0.3, -0.25) is 24.5 Å². The Morgan fingerprint density at radius 2 is 1.57 bits per heavy atom. The van der Waals surface area contributed by atoms with E-state index < -0.39 is 39.9 Å². The molecule has 0 radical (unpaired) electrons. The highest BCUT2D eigenvalue weighted by Gasteiger charge is 2.70. The Labute approximate surface area is 245 Å². The van der Waals surface area contributed by atoms with E-state index in [1.807, 2.05) is 53.5 Å². The quantitative estimate of drug-likeness (QED) is 0.175. The third-order valence-corrected chi connectivity index (χ3v) is 8.92. The lowest BCUT2D eigenvalue weighted by molar-refractivity contribution is -0.384. The highest BCUT2D eigenvalue weighted by atomic mass is 35.5. The Bertz CT molecular complexity index is 1850. The molecule has 7 rings (SSSR count). The van der Waals surface area contributed by atoms with Gasteiger partial charge in [0.15, 0.2) is 11.6 Å². The van der Waals surface area contributed by atoms with Crippen LogP contribution in [0.1, 0.15) is 31.8 Å². The Morgan fingerprint density at radius 1 is 0.881 bits per heavy atom. The van der Waals surface area contributed by atoms with Crippen LogP contribution in [0, 0.1) is 16.0 Å². The molecule has 4 aromatic carbocycles. The van der Waals surface area contributed by atoms with Crippen molar-refractivity contribution in [2.45, 2.75) is 17.5 Å². The lowest BCUT2D eigenvalue weighted by atomic mass is 9.64. The molecule has 42 heavy (non-hydrogen) atoms. The fourth-order valence-corrected chi connectivity index (χ4v) is 7.10. The highest BCUT2D eigenvalue weighted by molar-refractivity contribution is 6.34. The Hall–Kier alpha value is -5.08. The Balaban J connectivity index is 1.52. The SMILES string of the molecule is O=C(c1ccc([N+](=O)[O-])cc1)[C@@H]1[C@H](C(=O)c2ccccc2Cl)[C@]2(C(=O)Nc3ccccc32)[C@H]2C=Cc3ccccc3N12. The number of nitrogens with one attached hydrogen (secondary N) is 1. The van der Waals surface area contributed by atoms with Gasteiger partial charge in [0.1, 0.15) is 11.5 Å². The van der Waals surface area contributed by atoms with Crippen molar-refractivity contribution in [2.75, 3.05) is 10.2 Å². The minimum absolute atomic E-state index is 0.161. The molecule has 1 N–H and O–H groups in total. The molecule has 1 spiro atoms. The largest absolute Gasteiger partial charge is 0.352 e. The first-order valence-electron chi connectivity index (χ1n) is 13.4. The summed E-state index contributed by atoms with van der Waals surface area (Å²) >= 11 is 6.56.